The van der Waals surface area contributed by atoms with Crippen molar-refractivity contribution >= 4 is 11.6 Å². The first kappa shape index (κ1) is 14.3. The predicted molar refractivity (Wildman–Crippen MR) is 73.9 cm³/mol. The summed E-state index contributed by atoms with van der Waals surface area (Å²) in [7, 11) is 0. The summed E-state index contributed by atoms with van der Waals surface area (Å²) in [6.45, 7) is 6.25. The lowest BCUT2D eigenvalue weighted by atomic mass is 10.2. The fourth-order valence-electron chi connectivity index (χ4n) is 1.68. The fourth-order valence-corrected chi connectivity index (χ4v) is 1.86. The number of para-hydroxylation sites is 1. The summed E-state index contributed by atoms with van der Waals surface area (Å²) in [6.07, 6.45) is 3.50. The largest absolute Gasteiger partial charge is 0.488 e. The number of halogens is 1. The summed E-state index contributed by atoms with van der Waals surface area (Å²) in [5, 5.41) is 4.08. The van der Waals surface area contributed by atoms with Crippen molar-refractivity contribution in [1.82, 2.24) is 5.32 Å². The van der Waals surface area contributed by atoms with Crippen LogP contribution in [0.3, 0.4) is 0 Å². The predicted octanol–water partition coefficient (Wildman–Crippen LogP) is 3.89. The van der Waals surface area contributed by atoms with Gasteiger partial charge in [-0.2, -0.15) is 0 Å². The molecule has 0 radical (unpaired) electrons. The average Bonchev–Trinajstić information content (AvgIpc) is 2.32. The number of hydrogen-bond acceptors (Lipinski definition) is 2. The first-order valence-electron chi connectivity index (χ1n) is 6.39. The van der Waals surface area contributed by atoms with Crippen LogP contribution >= 0.6 is 11.6 Å². The number of hydrogen-bond donors (Lipinski definition) is 1. The average molecular weight is 256 g/mol. The normalized spacial score (nSPS) is 12.4. The zero-order chi connectivity index (χ0) is 12.5. The first-order chi connectivity index (χ1) is 8.27. The third-order valence-electron chi connectivity index (χ3n) is 2.54. The van der Waals surface area contributed by atoms with Crippen molar-refractivity contribution in [3.05, 3.63) is 29.3 Å². The Morgan fingerprint density at radius 3 is 2.65 bits per heavy atom. The van der Waals surface area contributed by atoms with Gasteiger partial charge in [-0.15, -0.1) is 0 Å². The second-order valence-corrected chi connectivity index (χ2v) is 4.57. The smallest absolute Gasteiger partial charge is 0.138 e. The Labute approximate surface area is 109 Å². The molecular weight excluding hydrogens is 234 g/mol. The molecule has 2 nitrogen and oxygen atoms in total. The summed E-state index contributed by atoms with van der Waals surface area (Å²) in [5.74, 6) is 0.783. The molecule has 96 valence electrons. The minimum Gasteiger partial charge on any atom is -0.488 e. The third kappa shape index (κ3) is 5.42. The van der Waals surface area contributed by atoms with Crippen LogP contribution in [0.15, 0.2) is 24.3 Å². The number of rotatable bonds is 8. The van der Waals surface area contributed by atoms with E-state index in [0.29, 0.717) is 5.02 Å². The third-order valence-corrected chi connectivity index (χ3v) is 2.85. The minimum atomic E-state index is 0.200. The lowest BCUT2D eigenvalue weighted by Gasteiger charge is -2.19. The van der Waals surface area contributed by atoms with E-state index in [1.165, 1.54) is 0 Å². The molecule has 0 saturated carbocycles. The maximum absolute atomic E-state index is 6.08. The van der Waals surface area contributed by atoms with Crippen molar-refractivity contribution in [3.63, 3.8) is 0 Å². The van der Waals surface area contributed by atoms with E-state index >= 15 is 0 Å². The van der Waals surface area contributed by atoms with Crippen LogP contribution in [0.4, 0.5) is 0 Å². The van der Waals surface area contributed by atoms with E-state index in [-0.39, 0.29) is 6.10 Å². The number of ether oxygens (including phenoxy) is 1. The van der Waals surface area contributed by atoms with Gasteiger partial charge in [0.1, 0.15) is 11.9 Å². The van der Waals surface area contributed by atoms with E-state index in [4.69, 9.17) is 16.3 Å². The summed E-state index contributed by atoms with van der Waals surface area (Å²) in [6, 6.07) is 7.65. The molecule has 1 unspecified atom stereocenters. The summed E-state index contributed by atoms with van der Waals surface area (Å²) >= 11 is 6.08. The van der Waals surface area contributed by atoms with Crippen molar-refractivity contribution in [2.45, 2.75) is 39.2 Å². The fraction of sp³-hybridized carbons (Fsp3) is 0.571. The standard InChI is InChI=1S/C14H22ClNO/c1-3-7-12(11-16-10-4-2)17-14-9-6-5-8-13(14)15/h5-6,8-9,12,16H,3-4,7,10-11H2,1-2H3. The van der Waals surface area contributed by atoms with Crippen molar-refractivity contribution < 1.29 is 4.74 Å². The molecule has 17 heavy (non-hydrogen) atoms. The lowest BCUT2D eigenvalue weighted by Crippen LogP contribution is -2.31. The highest BCUT2D eigenvalue weighted by Crippen LogP contribution is 2.24. The SMILES string of the molecule is CCCNCC(CCC)Oc1ccccc1Cl. The van der Waals surface area contributed by atoms with Gasteiger partial charge < -0.3 is 10.1 Å². The molecule has 0 spiro atoms. The van der Waals surface area contributed by atoms with Gasteiger partial charge in [0.25, 0.3) is 0 Å². The van der Waals surface area contributed by atoms with Crippen LogP contribution in [-0.2, 0) is 0 Å². The molecule has 0 aliphatic carbocycles. The Kier molecular flexibility index (Phi) is 7.06. The molecule has 0 aliphatic heterocycles. The van der Waals surface area contributed by atoms with Gasteiger partial charge in [0, 0.05) is 6.54 Å². The number of benzene rings is 1. The maximum atomic E-state index is 6.08. The number of nitrogens with one attached hydrogen (secondary N) is 1. The van der Waals surface area contributed by atoms with E-state index < -0.39 is 0 Å². The lowest BCUT2D eigenvalue weighted by molar-refractivity contribution is 0.187. The van der Waals surface area contributed by atoms with Gasteiger partial charge in [-0.1, -0.05) is 44.0 Å². The molecule has 3 heteroatoms. The molecular formula is C14H22ClNO. The Morgan fingerprint density at radius 1 is 1.24 bits per heavy atom. The van der Waals surface area contributed by atoms with Crippen molar-refractivity contribution in [2.24, 2.45) is 0 Å². The van der Waals surface area contributed by atoms with Crippen molar-refractivity contribution in [3.8, 4) is 5.75 Å². The first-order valence-corrected chi connectivity index (χ1v) is 6.77. The Hall–Kier alpha value is -0.730. The zero-order valence-electron chi connectivity index (χ0n) is 10.7. The molecule has 0 fully saturated rings. The Balaban J connectivity index is 2.50. The molecule has 1 N–H and O–H groups in total. The van der Waals surface area contributed by atoms with Crippen molar-refractivity contribution in [2.75, 3.05) is 13.1 Å². The van der Waals surface area contributed by atoms with Gasteiger partial charge in [0.05, 0.1) is 5.02 Å². The topological polar surface area (TPSA) is 21.3 Å². The van der Waals surface area contributed by atoms with Crippen molar-refractivity contribution in [1.29, 1.82) is 0 Å². The minimum absolute atomic E-state index is 0.200. The highest BCUT2D eigenvalue weighted by atomic mass is 35.5. The molecule has 0 saturated heterocycles. The second kappa shape index (κ2) is 8.37. The van der Waals surface area contributed by atoms with E-state index in [2.05, 4.69) is 19.2 Å². The summed E-state index contributed by atoms with van der Waals surface area (Å²) in [4.78, 5) is 0. The quantitative estimate of drug-likeness (QED) is 0.712. The molecule has 0 amide bonds. The van der Waals surface area contributed by atoms with Gasteiger partial charge in [-0.05, 0) is 31.5 Å². The van der Waals surface area contributed by atoms with Gasteiger partial charge in [0.15, 0.2) is 0 Å². The van der Waals surface area contributed by atoms with Gasteiger partial charge in [0.2, 0.25) is 0 Å². The van der Waals surface area contributed by atoms with Gasteiger partial charge in [-0.3, -0.25) is 0 Å². The molecule has 0 heterocycles. The summed E-state index contributed by atoms with van der Waals surface area (Å²) < 4.78 is 5.94. The van der Waals surface area contributed by atoms with E-state index in [0.717, 1.165) is 38.1 Å². The van der Waals surface area contributed by atoms with Gasteiger partial charge >= 0.3 is 0 Å². The molecule has 0 bridgehead atoms. The Morgan fingerprint density at radius 2 is 2.00 bits per heavy atom. The van der Waals surface area contributed by atoms with Crippen LogP contribution in [0.1, 0.15) is 33.1 Å². The molecule has 1 rings (SSSR count). The summed E-state index contributed by atoms with van der Waals surface area (Å²) in [5.41, 5.74) is 0. The molecule has 1 atom stereocenters. The molecule has 1 aromatic rings. The molecule has 0 aromatic heterocycles. The van der Waals surface area contributed by atoms with Crippen LogP contribution < -0.4 is 10.1 Å². The van der Waals surface area contributed by atoms with Crippen LogP contribution in [0.2, 0.25) is 5.02 Å². The molecule has 1 aromatic carbocycles. The van der Waals surface area contributed by atoms with E-state index in [1.54, 1.807) is 0 Å². The van der Waals surface area contributed by atoms with Gasteiger partial charge in [-0.25, -0.2) is 0 Å². The highest BCUT2D eigenvalue weighted by molar-refractivity contribution is 6.32. The zero-order valence-corrected chi connectivity index (χ0v) is 11.5. The van der Waals surface area contributed by atoms with E-state index in [1.807, 2.05) is 24.3 Å². The monoisotopic (exact) mass is 255 g/mol. The second-order valence-electron chi connectivity index (χ2n) is 4.16. The van der Waals surface area contributed by atoms with E-state index in [9.17, 15) is 0 Å². The van der Waals surface area contributed by atoms with Crippen LogP contribution in [0.5, 0.6) is 5.75 Å². The highest BCUT2D eigenvalue weighted by Gasteiger charge is 2.10. The molecule has 0 aliphatic rings. The van der Waals surface area contributed by atoms with Crippen LogP contribution in [-0.4, -0.2) is 19.2 Å². The maximum Gasteiger partial charge on any atom is 0.138 e. The van der Waals surface area contributed by atoms with Crippen LogP contribution in [0.25, 0.3) is 0 Å². The Bertz CT molecular complexity index is 317. The van der Waals surface area contributed by atoms with Crippen LogP contribution in [0, 0.1) is 0 Å².